The van der Waals surface area contributed by atoms with E-state index < -0.39 is 0 Å². The molecule has 0 heterocycles. The zero-order valence-corrected chi connectivity index (χ0v) is 11.1. The molecule has 0 aromatic carbocycles. The minimum absolute atomic E-state index is 0. The van der Waals surface area contributed by atoms with Gasteiger partial charge in [0.1, 0.15) is 0 Å². The van der Waals surface area contributed by atoms with Crippen LogP contribution in [0.1, 0.15) is 67.2 Å². The number of hydrogen-bond acceptors (Lipinski definition) is 0. The third-order valence-electron chi connectivity index (χ3n) is 4.81. The number of hydrogen-bond donors (Lipinski definition) is 0. The van der Waals surface area contributed by atoms with E-state index in [-0.39, 0.29) is 7.43 Å². The summed E-state index contributed by atoms with van der Waals surface area (Å²) in [6, 6.07) is 0. The van der Waals surface area contributed by atoms with Crippen LogP contribution < -0.4 is 0 Å². The van der Waals surface area contributed by atoms with Gasteiger partial charge in [-0.25, -0.2) is 0 Å². The van der Waals surface area contributed by atoms with Crippen molar-refractivity contribution in [1.82, 2.24) is 0 Å². The lowest BCUT2D eigenvalue weighted by atomic mass is 9.67. The molecule has 3 atom stereocenters. The summed E-state index contributed by atoms with van der Waals surface area (Å²) in [7, 11) is 0. The van der Waals surface area contributed by atoms with Crippen molar-refractivity contribution >= 4 is 0 Å². The van der Waals surface area contributed by atoms with Crippen LogP contribution >= 0.6 is 0 Å². The first-order valence-corrected chi connectivity index (χ1v) is 6.63. The molecule has 0 saturated heterocycles. The van der Waals surface area contributed by atoms with Crippen LogP contribution in [0.25, 0.3) is 0 Å². The van der Waals surface area contributed by atoms with Gasteiger partial charge in [0.15, 0.2) is 0 Å². The lowest BCUT2D eigenvalue weighted by Gasteiger charge is -2.38. The molecule has 1 rings (SSSR count). The van der Waals surface area contributed by atoms with E-state index in [9.17, 15) is 0 Å². The summed E-state index contributed by atoms with van der Waals surface area (Å²) in [5.41, 5.74) is 0.594. The second-order valence-electron chi connectivity index (χ2n) is 6.02. The first kappa shape index (κ1) is 15.7. The van der Waals surface area contributed by atoms with E-state index in [2.05, 4.69) is 40.3 Å². The smallest absolute Gasteiger partial charge is 0.0269 e. The summed E-state index contributed by atoms with van der Waals surface area (Å²) in [5.74, 6) is 2.70. The van der Waals surface area contributed by atoms with Gasteiger partial charge in [0.05, 0.1) is 0 Å². The Morgan fingerprint density at radius 2 is 2.00 bits per heavy atom. The molecule has 96 valence electrons. The Balaban J connectivity index is 0.00000225. The summed E-state index contributed by atoms with van der Waals surface area (Å²) in [4.78, 5) is 0. The lowest BCUT2D eigenvalue weighted by molar-refractivity contribution is 0.114. The molecule has 1 aliphatic carbocycles. The minimum Gasteiger partial charge on any atom is -0.103 e. The van der Waals surface area contributed by atoms with Gasteiger partial charge in [0, 0.05) is 0 Å². The van der Waals surface area contributed by atoms with Crippen molar-refractivity contribution < 1.29 is 0 Å². The van der Waals surface area contributed by atoms with Crippen molar-refractivity contribution in [2.24, 2.45) is 23.2 Å². The molecule has 0 spiro atoms. The van der Waals surface area contributed by atoms with Gasteiger partial charge in [-0.1, -0.05) is 41.2 Å². The van der Waals surface area contributed by atoms with Crippen molar-refractivity contribution in [1.29, 1.82) is 0 Å². The Morgan fingerprint density at radius 1 is 1.38 bits per heavy atom. The fourth-order valence-electron chi connectivity index (χ4n) is 3.61. The number of allylic oxidation sites excluding steroid dienone is 1. The molecule has 0 aromatic heterocycles. The minimum atomic E-state index is 0. The highest BCUT2D eigenvalue weighted by Crippen LogP contribution is 2.53. The normalized spacial score (nSPS) is 33.8. The summed E-state index contributed by atoms with van der Waals surface area (Å²) in [6.45, 7) is 13.6. The van der Waals surface area contributed by atoms with Crippen LogP contribution in [0.4, 0.5) is 0 Å². The van der Waals surface area contributed by atoms with Crippen LogP contribution in [0.3, 0.4) is 0 Å². The number of unbranched alkanes of at least 4 members (excludes halogenated alkanes) is 1. The maximum atomic E-state index is 3.82. The van der Waals surface area contributed by atoms with Crippen LogP contribution in [0, 0.1) is 23.2 Å². The third kappa shape index (κ3) is 3.12. The summed E-state index contributed by atoms with van der Waals surface area (Å²) in [6.07, 6.45) is 8.86. The SMILES string of the molecule is C.C=CCCCC1(C)C(C)CCC1C(C)C. The van der Waals surface area contributed by atoms with E-state index in [0.29, 0.717) is 5.41 Å². The standard InChI is InChI=1S/C15H28.CH4/c1-6-7-8-11-15(5)13(4)9-10-14(15)12(2)3;/h6,12-14H,1,7-11H2,2-5H3;1H4. The molecule has 0 N–H and O–H groups in total. The Labute approximate surface area is 104 Å². The summed E-state index contributed by atoms with van der Waals surface area (Å²) < 4.78 is 0. The monoisotopic (exact) mass is 224 g/mol. The van der Waals surface area contributed by atoms with Crippen molar-refractivity contribution in [2.75, 3.05) is 0 Å². The highest BCUT2D eigenvalue weighted by molar-refractivity contribution is 4.94. The number of rotatable bonds is 5. The molecule has 1 fully saturated rings. The molecular formula is C16H32. The fourth-order valence-corrected chi connectivity index (χ4v) is 3.61. The van der Waals surface area contributed by atoms with Crippen LogP contribution in [0.2, 0.25) is 0 Å². The Bertz CT molecular complexity index is 204. The molecule has 0 heteroatoms. The van der Waals surface area contributed by atoms with Crippen LogP contribution in [0.5, 0.6) is 0 Å². The van der Waals surface area contributed by atoms with Gasteiger partial charge in [-0.15, -0.1) is 6.58 Å². The molecular weight excluding hydrogens is 192 g/mol. The van der Waals surface area contributed by atoms with Crippen molar-refractivity contribution in [3.63, 3.8) is 0 Å². The van der Waals surface area contributed by atoms with Crippen molar-refractivity contribution in [2.45, 2.75) is 67.2 Å². The van der Waals surface area contributed by atoms with E-state index in [1.165, 1.54) is 32.1 Å². The third-order valence-corrected chi connectivity index (χ3v) is 4.81. The van der Waals surface area contributed by atoms with E-state index >= 15 is 0 Å². The predicted octanol–water partition coefficient (Wildman–Crippen LogP) is 5.69. The molecule has 3 unspecified atom stereocenters. The molecule has 1 saturated carbocycles. The fraction of sp³-hybridized carbons (Fsp3) is 0.875. The molecule has 1 aliphatic rings. The molecule has 0 aliphatic heterocycles. The Morgan fingerprint density at radius 3 is 2.50 bits per heavy atom. The van der Waals surface area contributed by atoms with Crippen LogP contribution in [-0.2, 0) is 0 Å². The highest BCUT2D eigenvalue weighted by Gasteiger charge is 2.44. The topological polar surface area (TPSA) is 0 Å². The van der Waals surface area contributed by atoms with Gasteiger partial charge in [0.25, 0.3) is 0 Å². The van der Waals surface area contributed by atoms with Gasteiger partial charge >= 0.3 is 0 Å². The molecule has 0 aromatic rings. The molecule has 0 amide bonds. The first-order chi connectivity index (χ1) is 7.02. The van der Waals surface area contributed by atoms with Crippen LogP contribution in [-0.4, -0.2) is 0 Å². The molecule has 16 heavy (non-hydrogen) atoms. The van der Waals surface area contributed by atoms with Gasteiger partial charge in [-0.2, -0.15) is 0 Å². The maximum Gasteiger partial charge on any atom is -0.0269 e. The van der Waals surface area contributed by atoms with E-state index in [0.717, 1.165) is 17.8 Å². The van der Waals surface area contributed by atoms with Gasteiger partial charge < -0.3 is 0 Å². The van der Waals surface area contributed by atoms with E-state index in [1.807, 2.05) is 0 Å². The summed E-state index contributed by atoms with van der Waals surface area (Å²) in [5, 5.41) is 0. The zero-order chi connectivity index (χ0) is 11.5. The Hall–Kier alpha value is -0.260. The van der Waals surface area contributed by atoms with Crippen LogP contribution in [0.15, 0.2) is 12.7 Å². The van der Waals surface area contributed by atoms with Crippen molar-refractivity contribution in [3.05, 3.63) is 12.7 Å². The average Bonchev–Trinajstić information content (AvgIpc) is 2.44. The average molecular weight is 224 g/mol. The second-order valence-corrected chi connectivity index (χ2v) is 6.02. The lowest BCUT2D eigenvalue weighted by Crippen LogP contribution is -2.30. The van der Waals surface area contributed by atoms with Gasteiger partial charge in [-0.05, 0) is 55.3 Å². The Kier molecular flexibility index (Phi) is 6.36. The summed E-state index contributed by atoms with van der Waals surface area (Å²) >= 11 is 0. The zero-order valence-electron chi connectivity index (χ0n) is 11.1. The van der Waals surface area contributed by atoms with Gasteiger partial charge in [-0.3, -0.25) is 0 Å². The van der Waals surface area contributed by atoms with Gasteiger partial charge in [0.2, 0.25) is 0 Å². The highest BCUT2D eigenvalue weighted by atomic mass is 14.5. The first-order valence-electron chi connectivity index (χ1n) is 6.63. The largest absolute Gasteiger partial charge is 0.103 e. The second kappa shape index (κ2) is 6.47. The van der Waals surface area contributed by atoms with E-state index in [4.69, 9.17) is 0 Å². The van der Waals surface area contributed by atoms with E-state index in [1.54, 1.807) is 0 Å². The predicted molar refractivity (Wildman–Crippen MR) is 75.6 cm³/mol. The van der Waals surface area contributed by atoms with Crippen molar-refractivity contribution in [3.8, 4) is 0 Å². The molecule has 0 nitrogen and oxygen atoms in total. The molecule has 0 radical (unpaired) electrons. The quantitative estimate of drug-likeness (QED) is 0.416. The maximum absolute atomic E-state index is 3.82. The molecule has 0 bridgehead atoms.